The number of urea groups is 1. The summed E-state index contributed by atoms with van der Waals surface area (Å²) in [4.78, 5) is 12.1. The second-order valence-electron chi connectivity index (χ2n) is 4.67. The fourth-order valence-electron chi connectivity index (χ4n) is 2.02. The van der Waals surface area contributed by atoms with Crippen molar-refractivity contribution < 1.29 is 9.53 Å². The van der Waals surface area contributed by atoms with Crippen LogP contribution in [0.15, 0.2) is 53.0 Å². The molecule has 0 unspecified atom stereocenters. The van der Waals surface area contributed by atoms with E-state index in [1.807, 2.05) is 36.4 Å². The SMILES string of the molecule is COc1ccccc1NC(=O)Nc1nnc(-c2ccccc2Br)s1. The molecule has 0 atom stereocenters. The van der Waals surface area contributed by atoms with Crippen LogP contribution >= 0.6 is 27.3 Å². The van der Waals surface area contributed by atoms with Gasteiger partial charge in [0.2, 0.25) is 5.13 Å². The van der Waals surface area contributed by atoms with Crippen LogP contribution in [-0.4, -0.2) is 23.3 Å². The lowest BCUT2D eigenvalue weighted by Gasteiger charge is -2.09. The van der Waals surface area contributed by atoms with Crippen LogP contribution < -0.4 is 15.4 Å². The van der Waals surface area contributed by atoms with Crippen LogP contribution in [0.25, 0.3) is 10.6 Å². The van der Waals surface area contributed by atoms with E-state index >= 15 is 0 Å². The van der Waals surface area contributed by atoms with E-state index < -0.39 is 6.03 Å². The van der Waals surface area contributed by atoms with Crippen LogP contribution in [-0.2, 0) is 0 Å². The standard InChI is InChI=1S/C16H13BrN4O2S/c1-23-13-9-5-4-8-12(13)18-15(22)19-16-21-20-14(24-16)10-6-2-3-7-11(10)17/h2-9H,1H3,(H2,18,19,21,22). The maximum absolute atomic E-state index is 12.1. The fraction of sp³-hybridized carbons (Fsp3) is 0.0625. The van der Waals surface area contributed by atoms with E-state index in [9.17, 15) is 4.79 Å². The van der Waals surface area contributed by atoms with Crippen molar-refractivity contribution in [3.63, 3.8) is 0 Å². The molecule has 0 radical (unpaired) electrons. The van der Waals surface area contributed by atoms with Gasteiger partial charge in [-0.05, 0) is 18.2 Å². The molecule has 0 aliphatic carbocycles. The van der Waals surface area contributed by atoms with Crippen LogP contribution in [0.4, 0.5) is 15.6 Å². The first-order valence-corrected chi connectivity index (χ1v) is 8.58. The fourth-order valence-corrected chi connectivity index (χ4v) is 3.40. The van der Waals surface area contributed by atoms with Crippen molar-refractivity contribution in [1.29, 1.82) is 0 Å². The Morgan fingerprint density at radius 1 is 1.08 bits per heavy atom. The van der Waals surface area contributed by atoms with Gasteiger partial charge in [-0.3, -0.25) is 5.32 Å². The molecule has 2 N–H and O–H groups in total. The van der Waals surface area contributed by atoms with Crippen molar-refractivity contribution in [2.24, 2.45) is 0 Å². The third kappa shape index (κ3) is 3.72. The summed E-state index contributed by atoms with van der Waals surface area (Å²) in [6.07, 6.45) is 0. The lowest BCUT2D eigenvalue weighted by molar-refractivity contribution is 0.262. The maximum Gasteiger partial charge on any atom is 0.325 e. The minimum absolute atomic E-state index is 0.408. The number of carbonyl (C=O) groups is 1. The number of amides is 2. The molecule has 0 saturated heterocycles. The number of methoxy groups -OCH3 is 1. The van der Waals surface area contributed by atoms with Crippen LogP contribution in [0.2, 0.25) is 0 Å². The van der Waals surface area contributed by atoms with Gasteiger partial charge < -0.3 is 10.1 Å². The summed E-state index contributed by atoms with van der Waals surface area (Å²) < 4.78 is 6.12. The second-order valence-corrected chi connectivity index (χ2v) is 6.50. The van der Waals surface area contributed by atoms with Gasteiger partial charge in [-0.2, -0.15) is 0 Å². The molecule has 0 spiro atoms. The van der Waals surface area contributed by atoms with Gasteiger partial charge in [0.05, 0.1) is 12.8 Å². The number of ether oxygens (including phenoxy) is 1. The van der Waals surface area contributed by atoms with Crippen molar-refractivity contribution in [1.82, 2.24) is 10.2 Å². The van der Waals surface area contributed by atoms with E-state index in [1.54, 1.807) is 19.2 Å². The third-order valence-electron chi connectivity index (χ3n) is 3.10. The Hall–Kier alpha value is -2.45. The molecule has 24 heavy (non-hydrogen) atoms. The van der Waals surface area contributed by atoms with Crippen molar-refractivity contribution in [2.45, 2.75) is 0 Å². The van der Waals surface area contributed by atoms with Gasteiger partial charge in [0.15, 0.2) is 5.01 Å². The first-order chi connectivity index (χ1) is 11.7. The summed E-state index contributed by atoms with van der Waals surface area (Å²) in [5, 5.41) is 14.6. The number of hydrogen-bond acceptors (Lipinski definition) is 5. The molecule has 3 rings (SSSR count). The number of aromatic nitrogens is 2. The van der Waals surface area contributed by atoms with Crippen molar-refractivity contribution >= 4 is 44.1 Å². The minimum Gasteiger partial charge on any atom is -0.495 e. The molecule has 1 heterocycles. The lowest BCUT2D eigenvalue weighted by Crippen LogP contribution is -2.19. The highest BCUT2D eigenvalue weighted by molar-refractivity contribution is 9.10. The van der Waals surface area contributed by atoms with Gasteiger partial charge in [0.1, 0.15) is 5.75 Å². The second kappa shape index (κ2) is 7.41. The summed E-state index contributed by atoms with van der Waals surface area (Å²) in [5.41, 5.74) is 1.50. The molecule has 0 bridgehead atoms. The molecule has 6 nitrogen and oxygen atoms in total. The predicted octanol–water partition coefficient (Wildman–Crippen LogP) is 4.62. The summed E-state index contributed by atoms with van der Waals surface area (Å²) in [6.45, 7) is 0. The van der Waals surface area contributed by atoms with Gasteiger partial charge in [0.25, 0.3) is 0 Å². The van der Waals surface area contributed by atoms with Crippen LogP contribution in [0.3, 0.4) is 0 Å². The Bertz CT molecular complexity index is 869. The topological polar surface area (TPSA) is 76.1 Å². The molecule has 0 saturated carbocycles. The molecule has 0 aliphatic rings. The van der Waals surface area contributed by atoms with Gasteiger partial charge >= 0.3 is 6.03 Å². The number of halogens is 1. The van der Waals surface area contributed by atoms with Crippen LogP contribution in [0.1, 0.15) is 0 Å². The molecular weight excluding hydrogens is 392 g/mol. The zero-order valence-electron chi connectivity index (χ0n) is 12.6. The van der Waals surface area contributed by atoms with E-state index in [0.717, 1.165) is 15.0 Å². The zero-order chi connectivity index (χ0) is 16.9. The maximum atomic E-state index is 12.1. The molecular formula is C16H13BrN4O2S. The molecule has 3 aromatic rings. The lowest BCUT2D eigenvalue weighted by atomic mass is 10.2. The highest BCUT2D eigenvalue weighted by Crippen LogP contribution is 2.32. The highest BCUT2D eigenvalue weighted by Gasteiger charge is 2.12. The summed E-state index contributed by atoms with van der Waals surface area (Å²) in [5.74, 6) is 0.582. The smallest absolute Gasteiger partial charge is 0.325 e. The van der Waals surface area contributed by atoms with Crippen molar-refractivity contribution in [2.75, 3.05) is 17.7 Å². The number of rotatable bonds is 4. The zero-order valence-corrected chi connectivity index (χ0v) is 15.0. The normalized spacial score (nSPS) is 10.2. The molecule has 1 aromatic heterocycles. The number of nitrogens with zero attached hydrogens (tertiary/aromatic N) is 2. The molecule has 0 fully saturated rings. The van der Waals surface area contributed by atoms with E-state index in [4.69, 9.17) is 4.74 Å². The van der Waals surface area contributed by atoms with Crippen LogP contribution in [0, 0.1) is 0 Å². The summed E-state index contributed by atoms with van der Waals surface area (Å²) >= 11 is 4.77. The van der Waals surface area contributed by atoms with Crippen molar-refractivity contribution in [3.8, 4) is 16.3 Å². The van der Waals surface area contributed by atoms with Crippen LogP contribution in [0.5, 0.6) is 5.75 Å². The van der Waals surface area contributed by atoms with Crippen molar-refractivity contribution in [3.05, 3.63) is 53.0 Å². The average molecular weight is 405 g/mol. The average Bonchev–Trinajstić information content (AvgIpc) is 3.04. The number of carbonyl (C=O) groups excluding carboxylic acids is 1. The molecule has 2 aromatic carbocycles. The van der Waals surface area contributed by atoms with Gasteiger partial charge in [0, 0.05) is 10.0 Å². The Balaban J connectivity index is 1.71. The van der Waals surface area contributed by atoms with E-state index in [-0.39, 0.29) is 0 Å². The van der Waals surface area contributed by atoms with Gasteiger partial charge in [-0.15, -0.1) is 10.2 Å². The molecule has 0 aliphatic heterocycles. The number of hydrogen-bond donors (Lipinski definition) is 2. The monoisotopic (exact) mass is 404 g/mol. The third-order valence-corrected chi connectivity index (χ3v) is 4.67. The van der Waals surface area contributed by atoms with E-state index in [2.05, 4.69) is 36.8 Å². The summed E-state index contributed by atoms with van der Waals surface area (Å²) in [6, 6.07) is 14.5. The molecule has 122 valence electrons. The Morgan fingerprint density at radius 3 is 2.62 bits per heavy atom. The highest BCUT2D eigenvalue weighted by atomic mass is 79.9. The number of benzene rings is 2. The van der Waals surface area contributed by atoms with Gasteiger partial charge in [-0.25, -0.2) is 4.79 Å². The van der Waals surface area contributed by atoms with E-state index in [1.165, 1.54) is 11.3 Å². The Labute approximate surface area is 151 Å². The quantitative estimate of drug-likeness (QED) is 0.664. The van der Waals surface area contributed by atoms with E-state index in [0.29, 0.717) is 16.6 Å². The Kier molecular flexibility index (Phi) is 5.07. The first kappa shape index (κ1) is 16.4. The Morgan fingerprint density at radius 2 is 1.83 bits per heavy atom. The number of para-hydroxylation sites is 2. The first-order valence-electron chi connectivity index (χ1n) is 6.97. The number of nitrogens with one attached hydrogen (secondary N) is 2. The minimum atomic E-state index is -0.408. The largest absolute Gasteiger partial charge is 0.495 e. The van der Waals surface area contributed by atoms with Gasteiger partial charge in [-0.1, -0.05) is 57.6 Å². The molecule has 2 amide bonds. The predicted molar refractivity (Wildman–Crippen MR) is 98.7 cm³/mol. The molecule has 8 heteroatoms. The summed E-state index contributed by atoms with van der Waals surface area (Å²) in [7, 11) is 1.55. The number of anilines is 2.